The third-order valence-corrected chi connectivity index (χ3v) is 9.87. The van der Waals surface area contributed by atoms with E-state index in [1.807, 2.05) is 54.6 Å². The summed E-state index contributed by atoms with van der Waals surface area (Å²) in [5, 5.41) is 6.04. The molecular formula is C40H41F3N4O4. The van der Waals surface area contributed by atoms with Gasteiger partial charge >= 0.3 is 12.1 Å². The number of benzene rings is 4. The lowest BCUT2D eigenvalue weighted by atomic mass is 9.81. The number of ether oxygens (including phenoxy) is 1. The molecule has 11 heteroatoms. The van der Waals surface area contributed by atoms with Crippen LogP contribution in [0.5, 0.6) is 0 Å². The summed E-state index contributed by atoms with van der Waals surface area (Å²) in [5.41, 5.74) is 2.01. The van der Waals surface area contributed by atoms with Crippen LogP contribution in [0.4, 0.5) is 24.5 Å². The fourth-order valence-corrected chi connectivity index (χ4v) is 7.16. The zero-order valence-electron chi connectivity index (χ0n) is 28.4. The van der Waals surface area contributed by atoms with E-state index in [-0.39, 0.29) is 11.8 Å². The number of anilines is 2. The van der Waals surface area contributed by atoms with Crippen molar-refractivity contribution in [2.75, 3.05) is 43.5 Å². The van der Waals surface area contributed by atoms with Gasteiger partial charge in [-0.25, -0.2) is 4.79 Å². The van der Waals surface area contributed by atoms with Crippen LogP contribution in [-0.4, -0.2) is 61.5 Å². The molecule has 0 spiro atoms. The van der Waals surface area contributed by atoms with Gasteiger partial charge in [0.25, 0.3) is 5.91 Å². The van der Waals surface area contributed by atoms with E-state index in [0.717, 1.165) is 42.6 Å². The third-order valence-electron chi connectivity index (χ3n) is 9.87. The van der Waals surface area contributed by atoms with E-state index in [1.54, 1.807) is 24.3 Å². The van der Waals surface area contributed by atoms with Crippen LogP contribution in [0.25, 0.3) is 11.1 Å². The molecule has 0 aromatic heterocycles. The van der Waals surface area contributed by atoms with Gasteiger partial charge in [-0.1, -0.05) is 79.9 Å². The van der Waals surface area contributed by atoms with E-state index < -0.39 is 29.3 Å². The summed E-state index contributed by atoms with van der Waals surface area (Å²) >= 11 is 0. The Morgan fingerprint density at radius 2 is 1.39 bits per heavy atom. The fourth-order valence-electron chi connectivity index (χ4n) is 7.16. The first kappa shape index (κ1) is 35.7. The standard InChI is InChI=1S/C40H41F3N4O4/c1-51-38(50)39(22-8-3-9-23-39)45-37(49)35(29-10-4-2-5-11-29)47-26-24-46(25-27-47)32-20-18-31(19-21-32)44-36(48)34-13-7-6-12-33(34)28-14-16-30(17-15-28)40(41,42)43/h2,4-7,10-21,35H,3,8-9,22-27H2,1H3,(H,44,48)(H,45,49). The second-order valence-corrected chi connectivity index (χ2v) is 13.1. The lowest BCUT2D eigenvalue weighted by molar-refractivity contribution is -0.153. The lowest BCUT2D eigenvalue weighted by Crippen LogP contribution is -2.59. The fraction of sp³-hybridized carbons (Fsp3) is 0.325. The van der Waals surface area contributed by atoms with Gasteiger partial charge in [0, 0.05) is 43.1 Å². The molecule has 2 N–H and O–H groups in total. The first-order chi connectivity index (χ1) is 24.6. The maximum atomic E-state index is 14.0. The molecule has 2 aliphatic rings. The molecule has 4 aromatic carbocycles. The van der Waals surface area contributed by atoms with Crippen molar-refractivity contribution in [2.24, 2.45) is 0 Å². The first-order valence-electron chi connectivity index (χ1n) is 17.2. The molecule has 51 heavy (non-hydrogen) atoms. The molecule has 1 atom stereocenters. The van der Waals surface area contributed by atoms with Crippen molar-refractivity contribution in [3.63, 3.8) is 0 Å². The Morgan fingerprint density at radius 3 is 2.02 bits per heavy atom. The molecular weight excluding hydrogens is 657 g/mol. The highest BCUT2D eigenvalue weighted by Crippen LogP contribution is 2.34. The van der Waals surface area contributed by atoms with Crippen LogP contribution >= 0.6 is 0 Å². The summed E-state index contributed by atoms with van der Waals surface area (Å²) in [6.07, 6.45) is -0.607. The van der Waals surface area contributed by atoms with Crippen molar-refractivity contribution in [2.45, 2.75) is 49.9 Å². The van der Waals surface area contributed by atoms with Crippen LogP contribution < -0.4 is 15.5 Å². The number of carbonyl (C=O) groups excluding carboxylic acids is 3. The number of hydrogen-bond acceptors (Lipinski definition) is 6. The maximum absolute atomic E-state index is 14.0. The highest BCUT2D eigenvalue weighted by Gasteiger charge is 2.44. The Balaban J connectivity index is 1.11. The second kappa shape index (κ2) is 15.4. The van der Waals surface area contributed by atoms with Crippen molar-refractivity contribution in [3.8, 4) is 11.1 Å². The van der Waals surface area contributed by atoms with Crippen LogP contribution in [0, 0.1) is 0 Å². The predicted molar refractivity (Wildman–Crippen MR) is 190 cm³/mol. The predicted octanol–water partition coefficient (Wildman–Crippen LogP) is 7.48. The third kappa shape index (κ3) is 8.09. The number of rotatable bonds is 9. The minimum Gasteiger partial charge on any atom is -0.467 e. The highest BCUT2D eigenvalue weighted by molar-refractivity contribution is 6.08. The van der Waals surface area contributed by atoms with E-state index in [4.69, 9.17) is 4.74 Å². The topological polar surface area (TPSA) is 91.0 Å². The monoisotopic (exact) mass is 698 g/mol. The number of halogens is 3. The molecule has 1 aliphatic carbocycles. The van der Waals surface area contributed by atoms with Gasteiger partial charge in [-0.2, -0.15) is 13.2 Å². The summed E-state index contributed by atoms with van der Waals surface area (Å²) in [7, 11) is 1.37. The molecule has 1 saturated carbocycles. The molecule has 8 nitrogen and oxygen atoms in total. The zero-order chi connectivity index (χ0) is 36.0. The van der Waals surface area contributed by atoms with Crippen molar-refractivity contribution in [1.82, 2.24) is 10.2 Å². The van der Waals surface area contributed by atoms with E-state index in [1.165, 1.54) is 19.2 Å². The largest absolute Gasteiger partial charge is 0.467 e. The number of nitrogens with one attached hydrogen (secondary N) is 2. The molecule has 266 valence electrons. The normalized spacial score (nSPS) is 16.9. The maximum Gasteiger partial charge on any atom is 0.416 e. The van der Waals surface area contributed by atoms with Gasteiger partial charge in [-0.15, -0.1) is 0 Å². The van der Waals surface area contributed by atoms with Gasteiger partial charge in [0.05, 0.1) is 12.7 Å². The molecule has 4 aromatic rings. The second-order valence-electron chi connectivity index (χ2n) is 13.1. The van der Waals surface area contributed by atoms with Crippen molar-refractivity contribution in [1.29, 1.82) is 0 Å². The molecule has 2 amide bonds. The first-order valence-corrected chi connectivity index (χ1v) is 17.2. The average molecular weight is 699 g/mol. The summed E-state index contributed by atoms with van der Waals surface area (Å²) in [6.45, 7) is 2.53. The number of alkyl halides is 3. The van der Waals surface area contributed by atoms with Crippen LogP contribution in [0.2, 0.25) is 0 Å². The lowest BCUT2D eigenvalue weighted by Gasteiger charge is -2.42. The molecule has 1 saturated heterocycles. The van der Waals surface area contributed by atoms with Crippen molar-refractivity contribution >= 4 is 29.2 Å². The average Bonchev–Trinajstić information content (AvgIpc) is 3.15. The Bertz CT molecular complexity index is 1820. The van der Waals surface area contributed by atoms with Crippen molar-refractivity contribution < 1.29 is 32.3 Å². The highest BCUT2D eigenvalue weighted by atomic mass is 19.4. The van der Waals surface area contributed by atoms with Gasteiger partial charge < -0.3 is 20.3 Å². The number of carbonyl (C=O) groups is 3. The van der Waals surface area contributed by atoms with Gasteiger partial charge in [0.1, 0.15) is 11.6 Å². The molecule has 1 aliphatic heterocycles. The number of piperazine rings is 1. The van der Waals surface area contributed by atoms with Gasteiger partial charge in [0.15, 0.2) is 0 Å². The van der Waals surface area contributed by atoms with E-state index in [9.17, 15) is 27.6 Å². The Kier molecular flexibility index (Phi) is 10.8. The van der Waals surface area contributed by atoms with Crippen molar-refractivity contribution in [3.05, 3.63) is 120 Å². The molecule has 0 radical (unpaired) electrons. The quantitative estimate of drug-likeness (QED) is 0.176. The van der Waals surface area contributed by atoms with Gasteiger partial charge in [0.2, 0.25) is 5.91 Å². The summed E-state index contributed by atoms with van der Waals surface area (Å²) in [6, 6.07) is 28.1. The van der Waals surface area contributed by atoms with E-state index in [0.29, 0.717) is 61.4 Å². The van der Waals surface area contributed by atoms with Crippen LogP contribution in [0.1, 0.15) is 59.6 Å². The number of amides is 2. The Morgan fingerprint density at radius 1 is 0.765 bits per heavy atom. The Hall–Kier alpha value is -5.16. The molecule has 2 fully saturated rings. The van der Waals surface area contributed by atoms with Crippen LogP contribution in [0.3, 0.4) is 0 Å². The zero-order valence-corrected chi connectivity index (χ0v) is 28.4. The van der Waals surface area contributed by atoms with Gasteiger partial charge in [-0.05, 0) is 72.0 Å². The summed E-state index contributed by atoms with van der Waals surface area (Å²) in [5.74, 6) is -0.976. The van der Waals surface area contributed by atoms with E-state index in [2.05, 4.69) is 20.4 Å². The smallest absolute Gasteiger partial charge is 0.416 e. The SMILES string of the molecule is COC(=O)C1(NC(=O)C(c2ccccc2)N2CCN(c3ccc(NC(=O)c4ccccc4-c4ccc(C(F)(F)F)cc4)cc3)CC2)CCCCC1. The number of methoxy groups -OCH3 is 1. The number of hydrogen-bond donors (Lipinski definition) is 2. The molecule has 1 unspecified atom stereocenters. The molecule has 0 bridgehead atoms. The van der Waals surface area contributed by atoms with E-state index >= 15 is 0 Å². The van der Waals surface area contributed by atoms with Crippen LogP contribution in [0.15, 0.2) is 103 Å². The Labute approximate surface area is 295 Å². The summed E-state index contributed by atoms with van der Waals surface area (Å²) < 4.78 is 44.4. The number of nitrogens with zero attached hydrogens (tertiary/aromatic N) is 2. The molecule has 1 heterocycles. The van der Waals surface area contributed by atoms with Crippen LogP contribution in [-0.2, 0) is 20.5 Å². The molecule has 6 rings (SSSR count). The minimum absolute atomic E-state index is 0.207. The van der Waals surface area contributed by atoms with Gasteiger partial charge in [-0.3, -0.25) is 14.5 Å². The number of esters is 1. The minimum atomic E-state index is -4.44. The summed E-state index contributed by atoms with van der Waals surface area (Å²) in [4.78, 5) is 44.6.